The Bertz CT molecular complexity index is 564. The number of carbonyl (C=O) groups is 1. The smallest absolute Gasteiger partial charge is 0.316 e. The highest BCUT2D eigenvalue weighted by Gasteiger charge is 2.41. The fraction of sp³-hybridized carbons (Fsp3) is 0.550. The van der Waals surface area contributed by atoms with Gasteiger partial charge in [-0.25, -0.2) is 0 Å². The highest BCUT2D eigenvalue weighted by atomic mass is 16.5. The van der Waals surface area contributed by atoms with Crippen LogP contribution in [0.3, 0.4) is 0 Å². The van der Waals surface area contributed by atoms with Crippen LogP contribution in [0.2, 0.25) is 0 Å². The summed E-state index contributed by atoms with van der Waals surface area (Å²) in [6.07, 6.45) is 4.06. The Morgan fingerprint density at radius 2 is 1.96 bits per heavy atom. The van der Waals surface area contributed by atoms with E-state index in [9.17, 15) is 9.90 Å². The molecule has 0 aliphatic carbocycles. The summed E-state index contributed by atoms with van der Waals surface area (Å²) in [5.41, 5.74) is 0.885. The van der Waals surface area contributed by atoms with Gasteiger partial charge in [0.05, 0.1) is 5.60 Å². The van der Waals surface area contributed by atoms with E-state index in [2.05, 4.69) is 18.0 Å². The molecule has 1 aliphatic rings. The van der Waals surface area contributed by atoms with Gasteiger partial charge in [0.1, 0.15) is 12.5 Å². The molecule has 1 aromatic carbocycles. The normalized spacial score (nSPS) is 17.2. The van der Waals surface area contributed by atoms with Crippen LogP contribution in [0.1, 0.15) is 44.6 Å². The number of aliphatic hydroxyl groups is 1. The number of carbonyl (C=O) groups excluding carboxylic acids is 1. The first-order valence-electron chi connectivity index (χ1n) is 8.80. The van der Waals surface area contributed by atoms with Crippen LogP contribution in [0.15, 0.2) is 42.0 Å². The van der Waals surface area contributed by atoms with Crippen molar-refractivity contribution in [2.24, 2.45) is 0 Å². The number of nitrogens with zero attached hydrogens (tertiary/aromatic N) is 1. The van der Waals surface area contributed by atoms with Gasteiger partial charge in [-0.1, -0.05) is 50.3 Å². The molecule has 1 N–H and O–H groups in total. The van der Waals surface area contributed by atoms with E-state index in [1.165, 1.54) is 0 Å². The molecule has 0 saturated heterocycles. The lowest BCUT2D eigenvalue weighted by atomic mass is 9.78. The number of hydrogen-bond donors (Lipinski definition) is 1. The standard InChI is InChI=1S/C20H29NO3/c1-4-20(23,5-2)18(17-9-7-6-8-10-17)19(22)24-15-16-11-13-21(3)14-12-16/h6-11,18,23H,4-5,12-15H2,1-3H3. The van der Waals surface area contributed by atoms with Crippen LogP contribution in [-0.2, 0) is 9.53 Å². The molecule has 0 saturated carbocycles. The second-order valence-electron chi connectivity index (χ2n) is 6.64. The van der Waals surface area contributed by atoms with E-state index in [4.69, 9.17) is 4.74 Å². The van der Waals surface area contributed by atoms with Crippen LogP contribution in [0.4, 0.5) is 0 Å². The Morgan fingerprint density at radius 1 is 1.29 bits per heavy atom. The summed E-state index contributed by atoms with van der Waals surface area (Å²) >= 11 is 0. The van der Waals surface area contributed by atoms with Crippen molar-refractivity contribution in [1.82, 2.24) is 4.90 Å². The largest absolute Gasteiger partial charge is 0.461 e. The van der Waals surface area contributed by atoms with Gasteiger partial charge in [-0.3, -0.25) is 4.79 Å². The molecule has 1 atom stereocenters. The molecule has 2 rings (SSSR count). The van der Waals surface area contributed by atoms with Crippen molar-refractivity contribution in [3.63, 3.8) is 0 Å². The summed E-state index contributed by atoms with van der Waals surface area (Å²) in [5.74, 6) is -0.993. The van der Waals surface area contributed by atoms with Crippen LogP contribution >= 0.6 is 0 Å². The Kier molecular flexibility index (Phi) is 6.58. The van der Waals surface area contributed by atoms with Crippen LogP contribution in [0.5, 0.6) is 0 Å². The average molecular weight is 331 g/mol. The van der Waals surface area contributed by atoms with Crippen LogP contribution in [-0.4, -0.2) is 48.3 Å². The number of ether oxygens (including phenoxy) is 1. The quantitative estimate of drug-likeness (QED) is 0.616. The molecular formula is C20H29NO3. The molecule has 132 valence electrons. The van der Waals surface area contributed by atoms with E-state index in [0.29, 0.717) is 19.4 Å². The minimum absolute atomic E-state index is 0.319. The van der Waals surface area contributed by atoms with Gasteiger partial charge in [0, 0.05) is 13.1 Å². The van der Waals surface area contributed by atoms with Crippen LogP contribution in [0, 0.1) is 0 Å². The molecule has 0 fully saturated rings. The van der Waals surface area contributed by atoms with Gasteiger partial charge in [0.25, 0.3) is 0 Å². The summed E-state index contributed by atoms with van der Waals surface area (Å²) in [6, 6.07) is 9.46. The van der Waals surface area contributed by atoms with Crippen molar-refractivity contribution in [1.29, 1.82) is 0 Å². The minimum atomic E-state index is -1.08. The van der Waals surface area contributed by atoms with Crippen LogP contribution in [0.25, 0.3) is 0 Å². The molecule has 1 aliphatic heterocycles. The third-order valence-corrected chi connectivity index (χ3v) is 5.04. The number of likely N-dealkylation sites (N-methyl/N-ethyl adjacent to an activating group) is 1. The van der Waals surface area contributed by atoms with E-state index in [1.807, 2.05) is 44.2 Å². The number of esters is 1. The fourth-order valence-corrected chi connectivity index (χ4v) is 3.16. The topological polar surface area (TPSA) is 49.8 Å². The van der Waals surface area contributed by atoms with Crippen molar-refractivity contribution in [2.75, 3.05) is 26.7 Å². The first kappa shape index (κ1) is 18.7. The molecule has 0 spiro atoms. The zero-order valence-electron chi connectivity index (χ0n) is 15.0. The van der Waals surface area contributed by atoms with E-state index < -0.39 is 11.5 Å². The summed E-state index contributed by atoms with van der Waals surface area (Å²) in [7, 11) is 2.08. The van der Waals surface area contributed by atoms with Crippen LogP contribution < -0.4 is 0 Å². The zero-order chi connectivity index (χ0) is 17.6. The number of benzene rings is 1. The lowest BCUT2D eigenvalue weighted by Gasteiger charge is -2.33. The Balaban J connectivity index is 2.13. The fourth-order valence-electron chi connectivity index (χ4n) is 3.16. The zero-order valence-corrected chi connectivity index (χ0v) is 15.0. The Labute approximate surface area is 145 Å². The number of hydrogen-bond acceptors (Lipinski definition) is 4. The summed E-state index contributed by atoms with van der Waals surface area (Å²) in [4.78, 5) is 15.0. The van der Waals surface area contributed by atoms with Crippen molar-refractivity contribution in [2.45, 2.75) is 44.6 Å². The Hall–Kier alpha value is -1.65. The van der Waals surface area contributed by atoms with Crippen molar-refractivity contribution in [3.8, 4) is 0 Å². The molecule has 1 unspecified atom stereocenters. The third-order valence-electron chi connectivity index (χ3n) is 5.04. The summed E-state index contributed by atoms with van der Waals surface area (Å²) < 4.78 is 5.60. The third kappa shape index (κ3) is 4.46. The lowest BCUT2D eigenvalue weighted by Crippen LogP contribution is -2.40. The second kappa shape index (κ2) is 8.45. The van der Waals surface area contributed by atoms with E-state index in [0.717, 1.165) is 30.6 Å². The van der Waals surface area contributed by atoms with Gasteiger partial charge < -0.3 is 14.7 Å². The molecule has 1 heterocycles. The predicted molar refractivity (Wildman–Crippen MR) is 95.9 cm³/mol. The summed E-state index contributed by atoms with van der Waals surface area (Å²) in [6.45, 7) is 6.01. The number of rotatable bonds is 7. The predicted octanol–water partition coefficient (Wildman–Crippen LogP) is 3.13. The highest BCUT2D eigenvalue weighted by Crippen LogP contribution is 2.35. The molecule has 1 aromatic rings. The molecule has 4 heteroatoms. The van der Waals surface area contributed by atoms with Crippen molar-refractivity contribution >= 4 is 5.97 Å². The van der Waals surface area contributed by atoms with E-state index in [1.54, 1.807) is 0 Å². The second-order valence-corrected chi connectivity index (χ2v) is 6.64. The molecular weight excluding hydrogens is 302 g/mol. The maximum absolute atomic E-state index is 12.8. The maximum Gasteiger partial charge on any atom is 0.316 e. The Morgan fingerprint density at radius 3 is 2.50 bits per heavy atom. The molecule has 4 nitrogen and oxygen atoms in total. The highest BCUT2D eigenvalue weighted by molar-refractivity contribution is 5.80. The lowest BCUT2D eigenvalue weighted by molar-refractivity contribution is -0.152. The summed E-state index contributed by atoms with van der Waals surface area (Å²) in [5, 5.41) is 11.0. The monoisotopic (exact) mass is 331 g/mol. The average Bonchev–Trinajstić information content (AvgIpc) is 2.62. The molecule has 0 radical (unpaired) electrons. The van der Waals surface area contributed by atoms with Gasteiger partial charge in [0.15, 0.2) is 0 Å². The van der Waals surface area contributed by atoms with Gasteiger partial charge in [0.2, 0.25) is 0 Å². The first-order chi connectivity index (χ1) is 11.5. The van der Waals surface area contributed by atoms with Crippen molar-refractivity contribution in [3.05, 3.63) is 47.5 Å². The first-order valence-corrected chi connectivity index (χ1v) is 8.80. The molecule has 24 heavy (non-hydrogen) atoms. The molecule has 0 aromatic heterocycles. The van der Waals surface area contributed by atoms with Gasteiger partial charge in [-0.05, 0) is 37.4 Å². The van der Waals surface area contributed by atoms with Gasteiger partial charge >= 0.3 is 5.97 Å². The SMILES string of the molecule is CCC(O)(CC)C(C(=O)OCC1=CCN(C)CC1)c1ccccc1. The minimum Gasteiger partial charge on any atom is -0.461 e. The van der Waals surface area contributed by atoms with Crippen molar-refractivity contribution < 1.29 is 14.6 Å². The van der Waals surface area contributed by atoms with Gasteiger partial charge in [-0.2, -0.15) is 0 Å². The maximum atomic E-state index is 12.8. The van der Waals surface area contributed by atoms with E-state index in [-0.39, 0.29) is 5.97 Å². The van der Waals surface area contributed by atoms with Gasteiger partial charge in [-0.15, -0.1) is 0 Å². The van der Waals surface area contributed by atoms with E-state index >= 15 is 0 Å². The molecule has 0 bridgehead atoms. The molecule has 0 amide bonds.